The van der Waals surface area contributed by atoms with Crippen molar-refractivity contribution in [1.29, 1.82) is 0 Å². The van der Waals surface area contributed by atoms with Crippen LogP contribution in [0.4, 0.5) is 5.69 Å². The summed E-state index contributed by atoms with van der Waals surface area (Å²) in [6.07, 6.45) is 1.08. The molecule has 0 radical (unpaired) electrons. The molecular weight excluding hydrogens is 316 g/mol. The number of nitrogens with one attached hydrogen (secondary N) is 2. The van der Waals surface area contributed by atoms with Gasteiger partial charge in [0.15, 0.2) is 5.11 Å². The van der Waals surface area contributed by atoms with Crippen LogP contribution in [0.15, 0.2) is 48.5 Å². The third-order valence-electron chi connectivity index (χ3n) is 3.18. The third kappa shape index (κ3) is 5.13. The fraction of sp³-hybridized carbons (Fsp3) is 0.176. The van der Waals surface area contributed by atoms with Crippen LogP contribution in [0.5, 0.6) is 0 Å². The van der Waals surface area contributed by atoms with Gasteiger partial charge in [0.25, 0.3) is 0 Å². The minimum atomic E-state index is -0.110. The fourth-order valence-corrected chi connectivity index (χ4v) is 2.37. The largest absolute Gasteiger partial charge is 0.332 e. The van der Waals surface area contributed by atoms with E-state index in [4.69, 9.17) is 23.8 Å². The quantitative estimate of drug-likeness (QED) is 0.828. The van der Waals surface area contributed by atoms with Crippen molar-refractivity contribution in [2.45, 2.75) is 19.8 Å². The van der Waals surface area contributed by atoms with Crippen LogP contribution >= 0.6 is 23.8 Å². The van der Waals surface area contributed by atoms with Crippen LogP contribution in [0.2, 0.25) is 5.02 Å². The third-order valence-corrected chi connectivity index (χ3v) is 3.62. The number of hydrogen-bond acceptors (Lipinski definition) is 2. The molecule has 0 saturated heterocycles. The number of hydrogen-bond donors (Lipinski definition) is 2. The van der Waals surface area contributed by atoms with Crippen molar-refractivity contribution >= 4 is 40.5 Å². The first-order chi connectivity index (χ1) is 10.5. The van der Waals surface area contributed by atoms with E-state index in [1.807, 2.05) is 49.4 Å². The SMILES string of the molecule is Cc1ccc(Cl)cc1NC(=S)NC(=O)CCc1ccccc1. The summed E-state index contributed by atoms with van der Waals surface area (Å²) in [5, 5.41) is 6.58. The zero-order valence-corrected chi connectivity index (χ0v) is 13.8. The maximum Gasteiger partial charge on any atom is 0.226 e. The Kier molecular flexibility index (Phi) is 5.92. The Balaban J connectivity index is 1.84. The van der Waals surface area contributed by atoms with Crippen molar-refractivity contribution in [3.63, 3.8) is 0 Å². The average molecular weight is 333 g/mol. The monoisotopic (exact) mass is 332 g/mol. The minimum absolute atomic E-state index is 0.110. The average Bonchev–Trinajstić information content (AvgIpc) is 2.50. The van der Waals surface area contributed by atoms with Gasteiger partial charge in [0, 0.05) is 17.1 Å². The van der Waals surface area contributed by atoms with Gasteiger partial charge in [-0.15, -0.1) is 0 Å². The molecule has 0 aliphatic heterocycles. The topological polar surface area (TPSA) is 41.1 Å². The highest BCUT2D eigenvalue weighted by Gasteiger charge is 2.07. The van der Waals surface area contributed by atoms with Crippen molar-refractivity contribution in [3.8, 4) is 0 Å². The molecule has 2 aromatic carbocycles. The number of rotatable bonds is 4. The Hall–Kier alpha value is -1.91. The molecule has 0 unspecified atom stereocenters. The van der Waals surface area contributed by atoms with Gasteiger partial charge in [0.2, 0.25) is 5.91 Å². The van der Waals surface area contributed by atoms with Crippen molar-refractivity contribution in [3.05, 3.63) is 64.7 Å². The normalized spacial score (nSPS) is 10.1. The minimum Gasteiger partial charge on any atom is -0.332 e. The Morgan fingerprint density at radius 1 is 1.18 bits per heavy atom. The molecule has 2 N–H and O–H groups in total. The molecule has 0 aromatic heterocycles. The molecule has 114 valence electrons. The van der Waals surface area contributed by atoms with Crippen LogP contribution in [0, 0.1) is 6.92 Å². The fourth-order valence-electron chi connectivity index (χ4n) is 1.97. The number of carbonyl (C=O) groups excluding carboxylic acids is 1. The molecule has 0 bridgehead atoms. The maximum atomic E-state index is 11.9. The molecule has 0 fully saturated rings. The summed E-state index contributed by atoms with van der Waals surface area (Å²) in [5.41, 5.74) is 2.92. The van der Waals surface area contributed by atoms with Crippen LogP contribution in [-0.2, 0) is 11.2 Å². The molecule has 22 heavy (non-hydrogen) atoms. The van der Waals surface area contributed by atoms with Gasteiger partial charge in [0.1, 0.15) is 0 Å². The van der Waals surface area contributed by atoms with Crippen molar-refractivity contribution < 1.29 is 4.79 Å². The van der Waals surface area contributed by atoms with Gasteiger partial charge in [-0.1, -0.05) is 48.0 Å². The van der Waals surface area contributed by atoms with Crippen molar-refractivity contribution in [2.24, 2.45) is 0 Å². The summed E-state index contributed by atoms with van der Waals surface area (Å²) >= 11 is 11.1. The lowest BCUT2D eigenvalue weighted by Crippen LogP contribution is -2.34. The van der Waals surface area contributed by atoms with Gasteiger partial charge < -0.3 is 10.6 Å². The summed E-state index contributed by atoms with van der Waals surface area (Å²) in [5.74, 6) is -0.110. The van der Waals surface area contributed by atoms with Crippen LogP contribution in [0.25, 0.3) is 0 Å². The molecule has 1 amide bonds. The van der Waals surface area contributed by atoms with Crippen LogP contribution in [0.1, 0.15) is 17.5 Å². The van der Waals surface area contributed by atoms with E-state index in [0.29, 0.717) is 17.9 Å². The lowest BCUT2D eigenvalue weighted by molar-refractivity contribution is -0.119. The lowest BCUT2D eigenvalue weighted by Gasteiger charge is -2.12. The first kappa shape index (κ1) is 16.5. The second-order valence-electron chi connectivity index (χ2n) is 4.95. The molecule has 0 aliphatic carbocycles. The van der Waals surface area contributed by atoms with Gasteiger partial charge >= 0.3 is 0 Å². The molecular formula is C17H17ClN2OS. The zero-order chi connectivity index (χ0) is 15.9. The molecule has 3 nitrogen and oxygen atoms in total. The lowest BCUT2D eigenvalue weighted by atomic mass is 10.1. The molecule has 2 rings (SSSR count). The zero-order valence-electron chi connectivity index (χ0n) is 12.2. The predicted molar refractivity (Wildman–Crippen MR) is 95.3 cm³/mol. The van der Waals surface area contributed by atoms with Crippen molar-refractivity contribution in [2.75, 3.05) is 5.32 Å². The van der Waals surface area contributed by atoms with E-state index in [1.165, 1.54) is 0 Å². The predicted octanol–water partition coefficient (Wildman–Crippen LogP) is 4.09. The number of benzene rings is 2. The first-order valence-electron chi connectivity index (χ1n) is 6.95. The molecule has 0 aliphatic rings. The van der Waals surface area contributed by atoms with Gasteiger partial charge in [-0.25, -0.2) is 0 Å². The van der Waals surface area contributed by atoms with Crippen LogP contribution in [0.3, 0.4) is 0 Å². The molecule has 5 heteroatoms. The second kappa shape index (κ2) is 7.92. The van der Waals surface area contributed by atoms with Gasteiger partial charge in [-0.05, 0) is 48.8 Å². The summed E-state index contributed by atoms with van der Waals surface area (Å²) in [6.45, 7) is 1.94. The second-order valence-corrected chi connectivity index (χ2v) is 5.79. The first-order valence-corrected chi connectivity index (χ1v) is 7.74. The van der Waals surface area contributed by atoms with E-state index in [2.05, 4.69) is 10.6 Å². The van der Waals surface area contributed by atoms with Gasteiger partial charge in [-0.2, -0.15) is 0 Å². The summed E-state index contributed by atoms with van der Waals surface area (Å²) in [6, 6.07) is 15.4. The summed E-state index contributed by atoms with van der Waals surface area (Å²) in [4.78, 5) is 11.9. The Morgan fingerprint density at radius 3 is 2.64 bits per heavy atom. The van der Waals surface area contributed by atoms with E-state index in [1.54, 1.807) is 6.07 Å². The van der Waals surface area contributed by atoms with E-state index in [-0.39, 0.29) is 11.0 Å². The molecule has 0 spiro atoms. The van der Waals surface area contributed by atoms with E-state index in [9.17, 15) is 4.79 Å². The number of amides is 1. The number of aryl methyl sites for hydroxylation is 2. The van der Waals surface area contributed by atoms with Crippen LogP contribution < -0.4 is 10.6 Å². The molecule has 0 heterocycles. The van der Waals surface area contributed by atoms with E-state index in [0.717, 1.165) is 16.8 Å². The maximum absolute atomic E-state index is 11.9. The highest BCUT2D eigenvalue weighted by Crippen LogP contribution is 2.19. The Labute approximate surface area is 140 Å². The number of halogens is 1. The Morgan fingerprint density at radius 2 is 1.91 bits per heavy atom. The van der Waals surface area contributed by atoms with Gasteiger partial charge in [-0.3, -0.25) is 4.79 Å². The highest BCUT2D eigenvalue weighted by molar-refractivity contribution is 7.80. The smallest absolute Gasteiger partial charge is 0.226 e. The molecule has 0 atom stereocenters. The summed E-state index contributed by atoms with van der Waals surface area (Å²) in [7, 11) is 0. The standard InChI is InChI=1S/C17H17ClN2OS/c1-12-7-9-14(18)11-15(12)19-17(22)20-16(21)10-8-13-5-3-2-4-6-13/h2-7,9,11H,8,10H2,1H3,(H2,19,20,21,22). The summed E-state index contributed by atoms with van der Waals surface area (Å²) < 4.78 is 0. The molecule has 2 aromatic rings. The number of thiocarbonyl (C=S) groups is 1. The number of carbonyl (C=O) groups is 1. The van der Waals surface area contributed by atoms with E-state index >= 15 is 0 Å². The van der Waals surface area contributed by atoms with Crippen molar-refractivity contribution in [1.82, 2.24) is 5.32 Å². The van der Waals surface area contributed by atoms with E-state index < -0.39 is 0 Å². The molecule has 0 saturated carbocycles. The van der Waals surface area contributed by atoms with Gasteiger partial charge in [0.05, 0.1) is 0 Å². The van der Waals surface area contributed by atoms with Crippen LogP contribution in [-0.4, -0.2) is 11.0 Å². The highest BCUT2D eigenvalue weighted by atomic mass is 35.5. The number of anilines is 1. The Bertz CT molecular complexity index is 674.